The van der Waals surface area contributed by atoms with Crippen molar-refractivity contribution in [3.63, 3.8) is 0 Å². The van der Waals surface area contributed by atoms with E-state index in [2.05, 4.69) is 163 Å². The minimum absolute atomic E-state index is 0.0107. The molecule has 10 nitrogen and oxygen atoms in total. The van der Waals surface area contributed by atoms with Gasteiger partial charge in [0.15, 0.2) is 0 Å². The van der Waals surface area contributed by atoms with E-state index in [1.54, 1.807) is 0 Å². The van der Waals surface area contributed by atoms with Crippen LogP contribution in [0.15, 0.2) is 96.8 Å². The summed E-state index contributed by atoms with van der Waals surface area (Å²) in [6.45, 7) is 9.58. The molecule has 0 radical (unpaired) electrons. The van der Waals surface area contributed by atoms with Crippen molar-refractivity contribution in [2.75, 3.05) is 55.7 Å². The van der Waals surface area contributed by atoms with Gasteiger partial charge in [-0.2, -0.15) is 12.6 Å². The number of hydrogen-bond acceptors (Lipinski definition) is 7. The number of benzene rings is 2. The lowest BCUT2D eigenvalue weighted by molar-refractivity contribution is -0.128. The second kappa shape index (κ2) is 20.2. The van der Waals surface area contributed by atoms with Crippen LogP contribution in [0.25, 0.3) is 0 Å². The predicted molar refractivity (Wildman–Crippen MR) is 211 cm³/mol. The highest BCUT2D eigenvalue weighted by atomic mass is 32.1. The number of hydrogen-bond donors (Lipinski definition) is 6. The van der Waals surface area contributed by atoms with E-state index < -0.39 is 11.8 Å². The van der Waals surface area contributed by atoms with E-state index in [1.807, 2.05) is 7.05 Å². The Morgan fingerprint density at radius 1 is 0.765 bits per heavy atom. The van der Waals surface area contributed by atoms with Crippen molar-refractivity contribution in [2.24, 2.45) is 0 Å². The number of amides is 4. The van der Waals surface area contributed by atoms with Gasteiger partial charge < -0.3 is 31.5 Å². The highest BCUT2D eigenvalue weighted by molar-refractivity contribution is 7.81. The topological polar surface area (TPSA) is 132 Å². The molecule has 1 aliphatic rings. The first-order chi connectivity index (χ1) is 24.4. The average Bonchev–Trinajstić information content (AvgIpc) is 3.34. The second-order valence-corrected chi connectivity index (χ2v) is 13.8. The van der Waals surface area contributed by atoms with Gasteiger partial charge in [0.05, 0.1) is 25.4 Å². The van der Waals surface area contributed by atoms with Gasteiger partial charge in [-0.05, 0) is 54.0 Å². The van der Waals surface area contributed by atoms with Gasteiger partial charge in [-0.1, -0.05) is 101 Å². The summed E-state index contributed by atoms with van der Waals surface area (Å²) < 4.78 is 0. The SMILES string of the molecule is CNc1ccccc1C(C)(C)C/C=C/C=C/C=C/C=C1/N(CCCCNC(=O)CNC(=O)CNC(=O)CNC(=O)CS)c2ccccc2C1(C)C. The number of unbranched alkanes of at least 4 members (excludes halogenated alkanes) is 1. The van der Waals surface area contributed by atoms with Crippen LogP contribution in [0, 0.1) is 0 Å². The number of nitrogens with one attached hydrogen (secondary N) is 5. The van der Waals surface area contributed by atoms with Crippen molar-refractivity contribution in [2.45, 2.75) is 57.8 Å². The van der Waals surface area contributed by atoms with Crippen molar-refractivity contribution in [3.05, 3.63) is 108 Å². The molecule has 0 bridgehead atoms. The van der Waals surface area contributed by atoms with Crippen LogP contribution in [0.4, 0.5) is 11.4 Å². The molecule has 2 aromatic carbocycles. The molecular formula is C40H54N6O4S. The number of anilines is 2. The summed E-state index contributed by atoms with van der Waals surface area (Å²) in [4.78, 5) is 49.5. The van der Waals surface area contributed by atoms with Crippen molar-refractivity contribution in [1.29, 1.82) is 0 Å². The van der Waals surface area contributed by atoms with E-state index >= 15 is 0 Å². The van der Waals surface area contributed by atoms with Gasteiger partial charge in [0, 0.05) is 42.6 Å². The molecule has 0 unspecified atom stereocenters. The largest absolute Gasteiger partial charge is 0.388 e. The minimum Gasteiger partial charge on any atom is -0.388 e. The molecule has 1 heterocycles. The third kappa shape index (κ3) is 12.5. The maximum Gasteiger partial charge on any atom is 0.239 e. The Balaban J connectivity index is 1.46. The van der Waals surface area contributed by atoms with Gasteiger partial charge in [0.25, 0.3) is 0 Å². The first kappa shape index (κ1) is 40.7. The zero-order valence-electron chi connectivity index (χ0n) is 30.6. The van der Waals surface area contributed by atoms with Gasteiger partial charge in [0.2, 0.25) is 23.6 Å². The van der Waals surface area contributed by atoms with Crippen LogP contribution >= 0.6 is 12.6 Å². The van der Waals surface area contributed by atoms with Crippen LogP contribution in [-0.4, -0.2) is 69.2 Å². The number of para-hydroxylation sites is 2. The summed E-state index contributed by atoms with van der Waals surface area (Å²) in [6.07, 6.45) is 17.3. The van der Waals surface area contributed by atoms with E-state index in [0.717, 1.165) is 31.5 Å². The molecule has 274 valence electrons. The predicted octanol–water partition coefficient (Wildman–Crippen LogP) is 4.92. The molecule has 0 fully saturated rings. The Labute approximate surface area is 308 Å². The minimum atomic E-state index is -0.509. The third-order valence-corrected chi connectivity index (χ3v) is 9.09. The molecule has 0 saturated carbocycles. The maximum absolute atomic E-state index is 12.3. The summed E-state index contributed by atoms with van der Waals surface area (Å²) in [6, 6.07) is 16.9. The van der Waals surface area contributed by atoms with Gasteiger partial charge >= 0.3 is 0 Å². The quantitative estimate of drug-likeness (QED) is 0.0696. The summed E-state index contributed by atoms with van der Waals surface area (Å²) in [5.41, 5.74) is 6.02. The van der Waals surface area contributed by atoms with Crippen LogP contribution < -0.4 is 31.5 Å². The van der Waals surface area contributed by atoms with Crippen LogP contribution in [0.5, 0.6) is 0 Å². The molecule has 0 saturated heterocycles. The number of nitrogens with zero attached hydrogens (tertiary/aromatic N) is 1. The van der Waals surface area contributed by atoms with Crippen molar-refractivity contribution in [1.82, 2.24) is 21.3 Å². The van der Waals surface area contributed by atoms with E-state index in [1.165, 1.54) is 22.5 Å². The monoisotopic (exact) mass is 714 g/mol. The maximum atomic E-state index is 12.3. The lowest BCUT2D eigenvalue weighted by Gasteiger charge is -2.27. The Bertz CT molecular complexity index is 1630. The van der Waals surface area contributed by atoms with Gasteiger partial charge in [0.1, 0.15) is 0 Å². The van der Waals surface area contributed by atoms with Crippen LogP contribution in [0.3, 0.4) is 0 Å². The zero-order chi connectivity index (χ0) is 37.3. The van der Waals surface area contributed by atoms with Crippen LogP contribution in [-0.2, 0) is 30.0 Å². The molecule has 0 atom stereocenters. The third-order valence-electron chi connectivity index (χ3n) is 8.80. The van der Waals surface area contributed by atoms with Crippen LogP contribution in [0.2, 0.25) is 0 Å². The fraction of sp³-hybridized carbons (Fsp3) is 0.400. The molecule has 0 spiro atoms. The van der Waals surface area contributed by atoms with Gasteiger partial charge in [-0.15, -0.1) is 0 Å². The molecule has 1 aliphatic heterocycles. The summed E-state index contributed by atoms with van der Waals surface area (Å²) in [7, 11) is 1.96. The highest BCUT2D eigenvalue weighted by Gasteiger charge is 2.39. The Morgan fingerprint density at radius 2 is 1.35 bits per heavy atom. The molecule has 0 aromatic heterocycles. The Morgan fingerprint density at radius 3 is 2.04 bits per heavy atom. The number of carbonyl (C=O) groups is 4. The van der Waals surface area contributed by atoms with Crippen molar-refractivity contribution in [3.8, 4) is 0 Å². The fourth-order valence-corrected chi connectivity index (χ4v) is 6.08. The van der Waals surface area contributed by atoms with E-state index in [0.29, 0.717) is 6.54 Å². The molecule has 3 rings (SSSR count). The first-order valence-corrected chi connectivity index (χ1v) is 18.1. The number of thiol groups is 1. The number of fused-ring (bicyclic) bond motifs is 1. The van der Waals surface area contributed by atoms with Crippen molar-refractivity contribution >= 4 is 47.6 Å². The molecule has 2 aromatic rings. The van der Waals surface area contributed by atoms with Crippen molar-refractivity contribution < 1.29 is 19.2 Å². The molecule has 51 heavy (non-hydrogen) atoms. The summed E-state index contributed by atoms with van der Waals surface area (Å²) in [5.74, 6) is -1.73. The Kier molecular flexibility index (Phi) is 16.1. The summed E-state index contributed by atoms with van der Waals surface area (Å²) in [5, 5.41) is 13.4. The fourth-order valence-electron chi connectivity index (χ4n) is 5.97. The summed E-state index contributed by atoms with van der Waals surface area (Å²) >= 11 is 3.81. The van der Waals surface area contributed by atoms with Gasteiger partial charge in [-0.25, -0.2) is 0 Å². The van der Waals surface area contributed by atoms with E-state index in [4.69, 9.17) is 0 Å². The van der Waals surface area contributed by atoms with Crippen LogP contribution in [0.1, 0.15) is 58.1 Å². The zero-order valence-corrected chi connectivity index (χ0v) is 31.4. The average molecular weight is 715 g/mol. The van der Waals surface area contributed by atoms with E-state index in [-0.39, 0.29) is 48.0 Å². The number of rotatable bonds is 19. The highest BCUT2D eigenvalue weighted by Crippen LogP contribution is 2.47. The lowest BCUT2D eigenvalue weighted by atomic mass is 9.80. The number of carbonyl (C=O) groups excluding carboxylic acids is 4. The smallest absolute Gasteiger partial charge is 0.239 e. The molecule has 4 amide bonds. The molecular weight excluding hydrogens is 661 g/mol. The standard InChI is InChI=1S/C40H54N6O4S/c1-39(2,30-18-11-13-20-32(30)41-5)23-15-9-7-6-8-10-22-34-40(3,4)31-19-12-14-21-33(31)46(34)25-17-16-24-42-35(47)26-43-36(48)27-44-37(49)28-45-38(50)29-51/h6-15,18-22,41,51H,16-17,23-29H2,1-5H3,(H,42,47)(H,43,48)(H,44,49)(H,45,50)/b7-6+,10-8+,15-9+,34-22+. The normalized spacial score (nSPS) is 14.6. The molecule has 11 heteroatoms. The second-order valence-electron chi connectivity index (χ2n) is 13.5. The van der Waals surface area contributed by atoms with Gasteiger partial charge in [-0.3, -0.25) is 19.2 Å². The lowest BCUT2D eigenvalue weighted by Crippen LogP contribution is -2.44. The van der Waals surface area contributed by atoms with E-state index in [9.17, 15) is 19.2 Å². The Hall–Kier alpha value is -4.77. The molecule has 0 aliphatic carbocycles. The first-order valence-electron chi connectivity index (χ1n) is 17.4. The number of allylic oxidation sites excluding steroid dienone is 8. The molecule has 5 N–H and O–H groups in total.